The topological polar surface area (TPSA) is 79.0 Å². The number of halogens is 1. The van der Waals surface area contributed by atoms with E-state index in [1.807, 2.05) is 69.9 Å². The predicted molar refractivity (Wildman–Crippen MR) is 184 cm³/mol. The first-order valence-corrected chi connectivity index (χ1v) is 17.8. The number of piperidine rings is 2. The number of fused-ring (bicyclic) bond motifs is 1. The Morgan fingerprint density at radius 2 is 1.67 bits per heavy atom. The molecule has 2 aromatic carbocycles. The van der Waals surface area contributed by atoms with E-state index < -0.39 is 9.39 Å². The number of nitrogens with one attached hydrogen (secondary N) is 1. The summed E-state index contributed by atoms with van der Waals surface area (Å²) in [5, 5.41) is 2.83. The first kappa shape index (κ1) is 36.6. The number of carbonyl (C=O) groups is 3. The zero-order chi connectivity index (χ0) is 32.4. The quantitative estimate of drug-likeness (QED) is 0.273. The molecule has 2 aromatic rings. The van der Waals surface area contributed by atoms with Gasteiger partial charge in [-0.15, -0.1) is 9.39 Å². The molecule has 240 valence electrons. The van der Waals surface area contributed by atoms with E-state index >= 15 is 0 Å². The summed E-state index contributed by atoms with van der Waals surface area (Å²) in [6.45, 7) is 15.5. The Balaban J connectivity index is 0.000000561. The van der Waals surface area contributed by atoms with Crippen molar-refractivity contribution in [2.24, 2.45) is 5.92 Å². The molecule has 7 nitrogen and oxygen atoms in total. The highest BCUT2D eigenvalue weighted by atomic mass is 35.5. The normalized spacial score (nSPS) is 19.1. The fourth-order valence-corrected chi connectivity index (χ4v) is 7.07. The molecule has 0 saturated carbocycles. The lowest BCUT2D eigenvalue weighted by atomic mass is 9.95. The third-order valence-corrected chi connectivity index (χ3v) is 9.48. The van der Waals surface area contributed by atoms with Crippen LogP contribution in [0.1, 0.15) is 80.6 Å². The molecule has 0 bridgehead atoms. The molecule has 2 fully saturated rings. The van der Waals surface area contributed by atoms with Gasteiger partial charge in [0.1, 0.15) is 5.60 Å². The first-order chi connectivity index (χ1) is 20.2. The van der Waals surface area contributed by atoms with Crippen LogP contribution in [0.15, 0.2) is 41.3 Å². The van der Waals surface area contributed by atoms with Gasteiger partial charge in [-0.05, 0) is 87.4 Å². The van der Waals surface area contributed by atoms with Crippen LogP contribution in [-0.4, -0.2) is 77.1 Å². The fourth-order valence-electron chi connectivity index (χ4n) is 5.30. The monoisotopic (exact) mass is 633 g/mol. The molecule has 0 aliphatic carbocycles. The van der Waals surface area contributed by atoms with E-state index in [2.05, 4.69) is 29.5 Å². The molecule has 0 spiro atoms. The molecule has 4 rings (SSSR count). The van der Waals surface area contributed by atoms with Gasteiger partial charge in [-0.2, -0.15) is 0 Å². The van der Waals surface area contributed by atoms with Crippen molar-refractivity contribution in [1.82, 2.24) is 14.5 Å². The van der Waals surface area contributed by atoms with Crippen LogP contribution in [-0.2, 0) is 19.1 Å². The molecule has 2 aliphatic heterocycles. The van der Waals surface area contributed by atoms with Gasteiger partial charge in [0.25, 0.3) is 0 Å². The highest BCUT2D eigenvalue weighted by Crippen LogP contribution is 2.33. The Hall–Kier alpha value is -2.55. The van der Waals surface area contributed by atoms with Crippen LogP contribution >= 0.6 is 21.0 Å². The second-order valence-electron chi connectivity index (χ2n) is 12.1. The SMILES string of the molecule is C=S(=C)(N[C@H]1CCCN(CC(=O)N2CCCC(CC)C2)C1=O)c1ccc2cc(Cl)ccc2c1.CC.CC(=O)OC(C)(C)C. The second-order valence-corrected chi connectivity index (χ2v) is 15.0. The molecule has 2 heterocycles. The third kappa shape index (κ3) is 11.5. The number of likely N-dealkylation sites (tertiary alicyclic amines) is 2. The zero-order valence-corrected chi connectivity index (χ0v) is 28.8. The van der Waals surface area contributed by atoms with Gasteiger partial charge >= 0.3 is 5.97 Å². The van der Waals surface area contributed by atoms with E-state index in [9.17, 15) is 14.4 Å². The van der Waals surface area contributed by atoms with Gasteiger partial charge in [-0.25, -0.2) is 0 Å². The zero-order valence-electron chi connectivity index (χ0n) is 27.2. The Morgan fingerprint density at radius 3 is 2.28 bits per heavy atom. The Morgan fingerprint density at radius 1 is 1.05 bits per heavy atom. The average Bonchev–Trinajstić information content (AvgIpc) is 2.94. The van der Waals surface area contributed by atoms with E-state index in [-0.39, 0.29) is 36.0 Å². The molecule has 1 unspecified atom stereocenters. The summed E-state index contributed by atoms with van der Waals surface area (Å²) >= 11 is 6.11. The molecule has 1 N–H and O–H groups in total. The minimum Gasteiger partial charge on any atom is -0.460 e. The van der Waals surface area contributed by atoms with Crippen molar-refractivity contribution in [1.29, 1.82) is 0 Å². The summed E-state index contributed by atoms with van der Waals surface area (Å²) in [6.07, 6.45) is 4.93. The molecule has 0 aromatic heterocycles. The molecule has 2 saturated heterocycles. The average molecular weight is 634 g/mol. The number of carbonyl (C=O) groups excluding carboxylic acids is 3. The van der Waals surface area contributed by atoms with Gasteiger partial charge in [-0.1, -0.05) is 62.7 Å². The second kappa shape index (κ2) is 16.5. The van der Waals surface area contributed by atoms with E-state index in [0.717, 1.165) is 54.4 Å². The number of rotatable bonds is 6. The van der Waals surface area contributed by atoms with Crippen molar-refractivity contribution in [3.8, 4) is 0 Å². The van der Waals surface area contributed by atoms with E-state index in [1.165, 1.54) is 13.3 Å². The molecule has 43 heavy (non-hydrogen) atoms. The standard InChI is InChI=1S/C26H34ClN3O2S.C6H12O2.C2H6/c1-4-19-7-5-13-29(17-19)25(31)18-30-14-6-8-24(26(30)32)28-33(2,3)23-12-10-20-15-22(27)11-9-21(20)16-23;1-5(7)8-6(2,3)4;1-2/h9-12,15-16,19,24,28H,2-8,13-14,17-18H2,1H3;1-4H3;1-2H3/t19?,24-;;/m0../s1. The van der Waals surface area contributed by atoms with Gasteiger partial charge in [0.2, 0.25) is 11.8 Å². The highest BCUT2D eigenvalue weighted by Gasteiger charge is 2.32. The number of ether oxygens (including phenoxy) is 1. The molecular weight excluding hydrogens is 582 g/mol. The van der Waals surface area contributed by atoms with Crippen molar-refractivity contribution >= 4 is 61.3 Å². The minimum atomic E-state index is -1.90. The van der Waals surface area contributed by atoms with Crippen molar-refractivity contribution in [3.05, 3.63) is 41.4 Å². The maximum Gasteiger partial charge on any atom is 0.303 e. The van der Waals surface area contributed by atoms with Crippen molar-refractivity contribution in [3.63, 3.8) is 0 Å². The number of hydrogen-bond donors (Lipinski definition) is 1. The van der Waals surface area contributed by atoms with Crippen LogP contribution in [0.5, 0.6) is 0 Å². The van der Waals surface area contributed by atoms with Crippen LogP contribution in [0.4, 0.5) is 0 Å². The van der Waals surface area contributed by atoms with Crippen LogP contribution in [0.2, 0.25) is 5.02 Å². The molecule has 2 aliphatic rings. The fraction of sp³-hybridized carbons (Fsp3) is 0.559. The summed E-state index contributed by atoms with van der Waals surface area (Å²) < 4.78 is 8.25. The predicted octanol–water partition coefficient (Wildman–Crippen LogP) is 7.04. The molecule has 0 radical (unpaired) electrons. The summed E-state index contributed by atoms with van der Waals surface area (Å²) in [4.78, 5) is 41.1. The van der Waals surface area contributed by atoms with Crippen molar-refractivity contribution < 1.29 is 19.1 Å². The number of hydrogen-bond acceptors (Lipinski definition) is 5. The maximum atomic E-state index is 13.3. The van der Waals surface area contributed by atoms with Gasteiger partial charge in [0.05, 0.1) is 12.6 Å². The molecule has 2 amide bonds. The van der Waals surface area contributed by atoms with Gasteiger partial charge in [0, 0.05) is 36.5 Å². The summed E-state index contributed by atoms with van der Waals surface area (Å²) in [5.41, 5.74) is -0.328. The molecular formula is C34H52ClN3O4S. The Kier molecular flexibility index (Phi) is 14.1. The molecule has 9 heteroatoms. The lowest BCUT2D eigenvalue weighted by Crippen LogP contribution is -2.53. The van der Waals surface area contributed by atoms with Gasteiger partial charge in [0.15, 0.2) is 0 Å². The lowest BCUT2D eigenvalue weighted by molar-refractivity contribution is -0.151. The van der Waals surface area contributed by atoms with Crippen LogP contribution in [0.25, 0.3) is 10.8 Å². The Labute approximate surface area is 264 Å². The van der Waals surface area contributed by atoms with Crippen molar-refractivity contribution in [2.45, 2.75) is 97.1 Å². The summed E-state index contributed by atoms with van der Waals surface area (Å²) in [5.74, 6) is 9.12. The minimum absolute atomic E-state index is 0.0182. The maximum absolute atomic E-state index is 13.3. The number of benzene rings is 2. The van der Waals surface area contributed by atoms with Crippen molar-refractivity contribution in [2.75, 3.05) is 26.2 Å². The largest absolute Gasteiger partial charge is 0.460 e. The number of amides is 2. The van der Waals surface area contributed by atoms with Crippen LogP contribution < -0.4 is 4.72 Å². The van der Waals surface area contributed by atoms with E-state index in [1.54, 1.807) is 4.90 Å². The first-order valence-electron chi connectivity index (χ1n) is 15.4. The summed E-state index contributed by atoms with van der Waals surface area (Å²) in [7, 11) is -1.90. The number of nitrogens with zero attached hydrogens (tertiary/aromatic N) is 2. The third-order valence-electron chi connectivity index (χ3n) is 7.35. The van der Waals surface area contributed by atoms with E-state index in [4.69, 9.17) is 16.3 Å². The highest BCUT2D eigenvalue weighted by molar-refractivity contribution is 8.26. The summed E-state index contributed by atoms with van der Waals surface area (Å²) in [6, 6.07) is 11.5. The number of esters is 1. The van der Waals surface area contributed by atoms with Gasteiger partial charge in [-0.3, -0.25) is 19.1 Å². The molecule has 2 atom stereocenters. The lowest BCUT2D eigenvalue weighted by Gasteiger charge is -2.37. The van der Waals surface area contributed by atoms with Crippen LogP contribution in [0, 0.1) is 5.92 Å². The Bertz CT molecular complexity index is 1350. The van der Waals surface area contributed by atoms with Crippen LogP contribution in [0.3, 0.4) is 0 Å². The smallest absolute Gasteiger partial charge is 0.303 e. The van der Waals surface area contributed by atoms with E-state index in [0.29, 0.717) is 17.5 Å². The van der Waals surface area contributed by atoms with Gasteiger partial charge < -0.3 is 14.5 Å².